The quantitative estimate of drug-likeness (QED) is 0.0323. The molecule has 59 heavy (non-hydrogen) atoms. The van der Waals surface area contributed by atoms with Gasteiger partial charge in [-0.15, -0.1) is 0 Å². The summed E-state index contributed by atoms with van der Waals surface area (Å²) in [4.78, 5) is 81.2. The topological polar surface area (TPSA) is 277 Å². The van der Waals surface area contributed by atoms with E-state index in [0.717, 1.165) is 51.4 Å². The number of ether oxygens (including phenoxy) is 4. The Balaban J connectivity index is 3.66. The summed E-state index contributed by atoms with van der Waals surface area (Å²) in [5.41, 5.74) is 0. The van der Waals surface area contributed by atoms with Crippen LogP contribution in [0.25, 0.3) is 0 Å². The van der Waals surface area contributed by atoms with E-state index in [1.807, 2.05) is 0 Å². The van der Waals surface area contributed by atoms with Crippen LogP contribution in [0.1, 0.15) is 122 Å². The fraction of sp³-hybridized carbons (Fsp3) is 0.821. The minimum atomic E-state index is -1.19. The molecule has 0 aromatic heterocycles. The molecule has 0 aromatic rings. The number of amides is 4. The minimum Gasteiger partial charge on any atom is -0.481 e. The van der Waals surface area contributed by atoms with E-state index in [-0.39, 0.29) is 115 Å². The summed E-state index contributed by atoms with van der Waals surface area (Å²) >= 11 is 0. The van der Waals surface area contributed by atoms with Crippen molar-refractivity contribution >= 4 is 50.9 Å². The van der Waals surface area contributed by atoms with Gasteiger partial charge in [-0.3, -0.25) is 33.9 Å². The Kier molecular flexibility index (Phi) is 37.6. The van der Waals surface area contributed by atoms with Gasteiger partial charge in [0.2, 0.25) is 23.6 Å². The number of nitrogens with one attached hydrogen (secondary N) is 5. The molecule has 3 atom stereocenters. The molecule has 342 valence electrons. The number of carbonyl (C=O) groups excluding carboxylic acids is 4. The average Bonchev–Trinajstić information content (AvgIpc) is 3.19. The normalized spacial score (nSPS) is 12.0. The smallest absolute Gasteiger partial charge is 0.326 e. The van der Waals surface area contributed by atoms with E-state index in [2.05, 4.69) is 35.7 Å². The lowest BCUT2D eigenvalue weighted by Crippen LogP contribution is -2.41. The third kappa shape index (κ3) is 38.5. The average molecular weight is 866 g/mol. The second-order valence-corrected chi connectivity index (χ2v) is 14.4. The third-order valence-corrected chi connectivity index (χ3v) is 9.33. The van der Waals surface area contributed by atoms with E-state index in [1.54, 1.807) is 0 Å². The molecular formula is C39H72N5O14P. The molecular weight excluding hydrogens is 793 g/mol. The van der Waals surface area contributed by atoms with Crippen LogP contribution in [0.2, 0.25) is 0 Å². The van der Waals surface area contributed by atoms with Crippen molar-refractivity contribution in [2.45, 2.75) is 134 Å². The lowest BCUT2D eigenvalue weighted by Gasteiger charge is -2.14. The van der Waals surface area contributed by atoms with Gasteiger partial charge in [0.05, 0.1) is 39.6 Å². The van der Waals surface area contributed by atoms with Gasteiger partial charge in [-0.2, -0.15) is 0 Å². The van der Waals surface area contributed by atoms with Gasteiger partial charge in [0.15, 0.2) is 0 Å². The zero-order chi connectivity index (χ0) is 43.8. The molecule has 0 rings (SSSR count). The van der Waals surface area contributed by atoms with Crippen LogP contribution in [0.15, 0.2) is 0 Å². The van der Waals surface area contributed by atoms with Crippen LogP contribution in [0.3, 0.4) is 0 Å². The summed E-state index contributed by atoms with van der Waals surface area (Å²) in [6.45, 7) is 1.83. The predicted octanol–water partition coefficient (Wildman–Crippen LogP) is 2.30. The molecule has 8 N–H and O–H groups in total. The Morgan fingerprint density at radius 3 is 1.34 bits per heavy atom. The third-order valence-electron chi connectivity index (χ3n) is 8.93. The first-order valence-electron chi connectivity index (χ1n) is 21.0. The zero-order valence-electron chi connectivity index (χ0n) is 34.8. The number of rotatable bonds is 43. The summed E-state index contributed by atoms with van der Waals surface area (Å²) in [5.74, 6) is -4.15. The predicted molar refractivity (Wildman–Crippen MR) is 221 cm³/mol. The number of unbranched alkanes of at least 4 members (excludes halogenated alkanes) is 12. The fourth-order valence-corrected chi connectivity index (χ4v) is 5.90. The van der Waals surface area contributed by atoms with Gasteiger partial charge in [0.1, 0.15) is 25.3 Å². The molecule has 0 heterocycles. The van der Waals surface area contributed by atoms with Gasteiger partial charge in [0.25, 0.3) is 0 Å². The van der Waals surface area contributed by atoms with Gasteiger partial charge in [-0.25, -0.2) is 4.79 Å². The molecule has 0 aliphatic rings. The molecule has 0 spiro atoms. The van der Waals surface area contributed by atoms with E-state index in [4.69, 9.17) is 29.2 Å². The first kappa shape index (κ1) is 55.5. The minimum absolute atomic E-state index is 0.0353. The van der Waals surface area contributed by atoms with Crippen molar-refractivity contribution in [3.8, 4) is 0 Å². The van der Waals surface area contributed by atoms with Crippen LogP contribution in [0, 0.1) is 0 Å². The molecule has 0 saturated heterocycles. The summed E-state index contributed by atoms with van der Waals surface area (Å²) in [7, 11) is 2.19. The monoisotopic (exact) mass is 865 g/mol. The summed E-state index contributed by atoms with van der Waals surface area (Å²) < 4.78 is 21.2. The van der Waals surface area contributed by atoms with Crippen LogP contribution in [-0.4, -0.2) is 141 Å². The van der Waals surface area contributed by atoms with E-state index >= 15 is 0 Å². The van der Waals surface area contributed by atoms with Gasteiger partial charge >= 0.3 is 17.9 Å². The van der Waals surface area contributed by atoms with E-state index in [1.165, 1.54) is 19.3 Å². The molecule has 0 bridgehead atoms. The molecule has 0 aliphatic carbocycles. The summed E-state index contributed by atoms with van der Waals surface area (Å²) in [6, 6.07) is -1.78. The second-order valence-electron chi connectivity index (χ2n) is 14.1. The highest BCUT2D eigenvalue weighted by Crippen LogP contribution is 2.13. The first-order chi connectivity index (χ1) is 28.5. The fourth-order valence-electron chi connectivity index (χ4n) is 5.59. The molecule has 19 nitrogen and oxygen atoms in total. The van der Waals surface area contributed by atoms with Crippen LogP contribution in [-0.2, 0) is 52.5 Å². The largest absolute Gasteiger partial charge is 0.481 e. The Labute approximate surface area is 351 Å². The van der Waals surface area contributed by atoms with Gasteiger partial charge < -0.3 is 55.5 Å². The number of carbonyl (C=O) groups is 7. The van der Waals surface area contributed by atoms with Crippen LogP contribution < -0.4 is 26.4 Å². The van der Waals surface area contributed by atoms with E-state index < -0.39 is 30.0 Å². The van der Waals surface area contributed by atoms with E-state index in [9.17, 15) is 38.7 Å². The van der Waals surface area contributed by atoms with Crippen LogP contribution in [0.5, 0.6) is 0 Å². The van der Waals surface area contributed by atoms with Gasteiger partial charge in [0, 0.05) is 38.9 Å². The van der Waals surface area contributed by atoms with Crippen molar-refractivity contribution in [3.63, 3.8) is 0 Å². The lowest BCUT2D eigenvalue weighted by atomic mass is 10.0. The Hall–Kier alpha value is -3.48. The number of carboxylic acids is 3. The molecule has 3 unspecified atom stereocenters. The second kappa shape index (κ2) is 40.0. The van der Waals surface area contributed by atoms with Crippen molar-refractivity contribution in [2.75, 3.05) is 72.5 Å². The van der Waals surface area contributed by atoms with Crippen molar-refractivity contribution in [1.82, 2.24) is 26.4 Å². The summed E-state index contributed by atoms with van der Waals surface area (Å²) in [5, 5.41) is 40.2. The Bertz CT molecular complexity index is 1170. The Morgan fingerprint density at radius 1 is 0.424 bits per heavy atom. The standard InChI is InChI=1S/C39H72N5O14P/c45-33(19-18-31(38(51)52)43-34(46)16-11-9-7-5-3-1-2-4-6-8-10-12-17-37(49)50)41-21-23-55-25-28-58-30-36(48)42-22-24-56-26-27-57-29-35(47)40-20-14-13-15-32(44-59)39(53)54/h31-32,44H,1-30,59H2,(H,40,47)(H,41,45)(H,42,48)(H,43,46)(H,49,50)(H,51,52)(H,53,54). The molecule has 0 saturated carbocycles. The van der Waals surface area contributed by atoms with Gasteiger partial charge in [-0.1, -0.05) is 73.6 Å². The number of aliphatic carboxylic acids is 3. The van der Waals surface area contributed by atoms with Crippen LogP contribution >= 0.6 is 9.39 Å². The SMILES string of the molecule is O=C(O)CCCCCCCCCCCCCCC(=O)NC(CCC(=O)NCCOCCOCC(=O)NCCOCCOCC(=O)NCCCCC(NP)C(=O)O)C(=O)O. The molecule has 20 heteroatoms. The molecule has 4 amide bonds. The zero-order valence-corrected chi connectivity index (χ0v) is 35.9. The van der Waals surface area contributed by atoms with Crippen molar-refractivity contribution < 1.29 is 67.8 Å². The maximum absolute atomic E-state index is 12.3. The van der Waals surface area contributed by atoms with Crippen molar-refractivity contribution in [3.05, 3.63) is 0 Å². The van der Waals surface area contributed by atoms with Crippen LogP contribution in [0.4, 0.5) is 0 Å². The Morgan fingerprint density at radius 2 is 0.864 bits per heavy atom. The maximum atomic E-state index is 12.3. The highest BCUT2D eigenvalue weighted by molar-refractivity contribution is 7.13. The summed E-state index contributed by atoms with van der Waals surface area (Å²) in [6.07, 6.45) is 14.4. The number of hydrogen-bond acceptors (Lipinski definition) is 12. The molecule has 0 fully saturated rings. The first-order valence-corrected chi connectivity index (χ1v) is 21.6. The molecule has 0 aromatic carbocycles. The lowest BCUT2D eigenvalue weighted by molar-refractivity contribution is -0.142. The maximum Gasteiger partial charge on any atom is 0.326 e. The number of carboxylic acid groups (broad SMARTS) is 3. The highest BCUT2D eigenvalue weighted by atomic mass is 31.0. The van der Waals surface area contributed by atoms with Crippen molar-refractivity contribution in [1.29, 1.82) is 0 Å². The van der Waals surface area contributed by atoms with Crippen molar-refractivity contribution in [2.24, 2.45) is 0 Å². The number of hydrogen-bond donors (Lipinski definition) is 8. The molecule has 0 radical (unpaired) electrons. The van der Waals surface area contributed by atoms with E-state index in [0.29, 0.717) is 32.2 Å². The highest BCUT2D eigenvalue weighted by Gasteiger charge is 2.21. The van der Waals surface area contributed by atoms with Gasteiger partial charge in [-0.05, 0) is 38.5 Å². The molecule has 0 aliphatic heterocycles.